The van der Waals surface area contributed by atoms with Crippen molar-refractivity contribution < 1.29 is 9.53 Å². The molecular weight excluding hydrogens is 262 g/mol. The zero-order valence-electron chi connectivity index (χ0n) is 13.1. The number of ether oxygens (including phenoxy) is 1. The van der Waals surface area contributed by atoms with Crippen LogP contribution in [0.5, 0.6) is 0 Å². The SMILES string of the molecule is CCCC(=O)c1ccn(CC2CCC3(CCCCC3)O2)c1. The number of carbonyl (C=O) groups is 1. The molecule has 0 amide bonds. The minimum Gasteiger partial charge on any atom is -0.370 e. The van der Waals surface area contributed by atoms with Crippen LogP contribution < -0.4 is 0 Å². The summed E-state index contributed by atoms with van der Waals surface area (Å²) in [5.41, 5.74) is 1.04. The van der Waals surface area contributed by atoms with Crippen LogP contribution in [0.1, 0.15) is 75.1 Å². The van der Waals surface area contributed by atoms with Crippen LogP contribution in [0.4, 0.5) is 0 Å². The van der Waals surface area contributed by atoms with Gasteiger partial charge in [-0.15, -0.1) is 0 Å². The van der Waals surface area contributed by atoms with Crippen molar-refractivity contribution in [2.45, 2.75) is 83.0 Å². The second-order valence-electron chi connectivity index (χ2n) is 6.79. The van der Waals surface area contributed by atoms with Crippen molar-refractivity contribution in [3.8, 4) is 0 Å². The summed E-state index contributed by atoms with van der Waals surface area (Å²) in [6, 6.07) is 1.95. The Morgan fingerprint density at radius 3 is 2.90 bits per heavy atom. The molecule has 1 spiro atoms. The van der Waals surface area contributed by atoms with Gasteiger partial charge in [-0.3, -0.25) is 4.79 Å². The Labute approximate surface area is 127 Å². The lowest BCUT2D eigenvalue weighted by Crippen LogP contribution is -2.32. The van der Waals surface area contributed by atoms with Gasteiger partial charge < -0.3 is 9.30 Å². The standard InChI is InChI=1S/C18H27NO2/c1-2-6-17(20)15-8-12-19(13-15)14-16-7-11-18(21-16)9-4-3-5-10-18/h8,12-13,16H,2-7,9-11,14H2,1H3. The normalized spacial score (nSPS) is 24.5. The molecule has 3 heteroatoms. The first-order chi connectivity index (χ1) is 10.2. The van der Waals surface area contributed by atoms with Gasteiger partial charge >= 0.3 is 0 Å². The third kappa shape index (κ3) is 3.39. The van der Waals surface area contributed by atoms with Crippen molar-refractivity contribution in [3.05, 3.63) is 24.0 Å². The van der Waals surface area contributed by atoms with Gasteiger partial charge in [-0.05, 0) is 38.2 Å². The molecule has 0 aromatic carbocycles. The smallest absolute Gasteiger partial charge is 0.164 e. The van der Waals surface area contributed by atoms with E-state index in [1.807, 2.05) is 25.4 Å². The fourth-order valence-corrected chi connectivity index (χ4v) is 3.91. The number of Topliss-reactive ketones (excluding diaryl/α,β-unsaturated/α-hetero) is 1. The third-order valence-electron chi connectivity index (χ3n) is 5.07. The van der Waals surface area contributed by atoms with Crippen molar-refractivity contribution in [3.63, 3.8) is 0 Å². The van der Waals surface area contributed by atoms with Gasteiger partial charge in [-0.2, -0.15) is 0 Å². The van der Waals surface area contributed by atoms with Gasteiger partial charge in [-0.25, -0.2) is 0 Å². The molecule has 2 fully saturated rings. The number of rotatable bonds is 5. The van der Waals surface area contributed by atoms with Crippen molar-refractivity contribution in [1.82, 2.24) is 4.57 Å². The quantitative estimate of drug-likeness (QED) is 0.754. The Kier molecular flexibility index (Phi) is 4.48. The Morgan fingerprint density at radius 2 is 2.14 bits per heavy atom. The van der Waals surface area contributed by atoms with Crippen LogP contribution in [-0.2, 0) is 11.3 Å². The van der Waals surface area contributed by atoms with Crippen molar-refractivity contribution in [2.75, 3.05) is 0 Å². The summed E-state index contributed by atoms with van der Waals surface area (Å²) in [6.45, 7) is 2.94. The first-order valence-electron chi connectivity index (χ1n) is 8.58. The van der Waals surface area contributed by atoms with E-state index in [2.05, 4.69) is 4.57 Å². The van der Waals surface area contributed by atoms with E-state index in [0.717, 1.165) is 24.9 Å². The van der Waals surface area contributed by atoms with E-state index < -0.39 is 0 Å². The van der Waals surface area contributed by atoms with Gasteiger partial charge in [0.2, 0.25) is 0 Å². The second kappa shape index (κ2) is 6.35. The predicted octanol–water partition coefficient (Wildman–Crippen LogP) is 4.35. The molecule has 1 atom stereocenters. The molecule has 1 aromatic heterocycles. The lowest BCUT2D eigenvalue weighted by atomic mass is 9.83. The van der Waals surface area contributed by atoms with E-state index in [4.69, 9.17) is 4.74 Å². The molecule has 2 aliphatic rings. The van der Waals surface area contributed by atoms with E-state index in [1.54, 1.807) is 0 Å². The van der Waals surface area contributed by atoms with Gasteiger partial charge in [0.25, 0.3) is 0 Å². The van der Waals surface area contributed by atoms with E-state index in [1.165, 1.54) is 38.5 Å². The predicted molar refractivity (Wildman–Crippen MR) is 83.6 cm³/mol. The highest BCUT2D eigenvalue weighted by Crippen LogP contribution is 2.42. The molecule has 1 unspecified atom stereocenters. The summed E-state index contributed by atoms with van der Waals surface area (Å²) in [4.78, 5) is 11.9. The van der Waals surface area contributed by atoms with Crippen LogP contribution in [0, 0.1) is 0 Å². The summed E-state index contributed by atoms with van der Waals surface area (Å²) >= 11 is 0. The molecule has 21 heavy (non-hydrogen) atoms. The zero-order chi connectivity index (χ0) is 14.7. The Bertz CT molecular complexity index is 485. The summed E-state index contributed by atoms with van der Waals surface area (Å²) in [5.74, 6) is 0.257. The maximum Gasteiger partial charge on any atom is 0.164 e. The van der Waals surface area contributed by atoms with Crippen molar-refractivity contribution in [2.24, 2.45) is 0 Å². The summed E-state index contributed by atoms with van der Waals surface area (Å²) in [6.07, 6.45) is 14.8. The minimum absolute atomic E-state index is 0.191. The monoisotopic (exact) mass is 289 g/mol. The maximum atomic E-state index is 11.9. The molecule has 0 radical (unpaired) electrons. The molecule has 1 saturated carbocycles. The highest BCUT2D eigenvalue weighted by atomic mass is 16.5. The molecule has 0 bridgehead atoms. The van der Waals surface area contributed by atoms with E-state index in [-0.39, 0.29) is 11.4 Å². The van der Waals surface area contributed by atoms with Crippen LogP contribution in [-0.4, -0.2) is 22.1 Å². The number of nitrogens with zero attached hydrogens (tertiary/aromatic N) is 1. The number of ketones is 1. The molecule has 116 valence electrons. The fraction of sp³-hybridized carbons (Fsp3) is 0.722. The summed E-state index contributed by atoms with van der Waals surface area (Å²) < 4.78 is 8.54. The van der Waals surface area contributed by atoms with Crippen LogP contribution in [0.2, 0.25) is 0 Å². The van der Waals surface area contributed by atoms with E-state index in [0.29, 0.717) is 12.5 Å². The molecule has 3 nitrogen and oxygen atoms in total. The zero-order valence-corrected chi connectivity index (χ0v) is 13.1. The summed E-state index contributed by atoms with van der Waals surface area (Å²) in [7, 11) is 0. The lowest BCUT2D eigenvalue weighted by Gasteiger charge is -2.33. The maximum absolute atomic E-state index is 11.9. The fourth-order valence-electron chi connectivity index (χ4n) is 3.91. The van der Waals surface area contributed by atoms with E-state index in [9.17, 15) is 4.79 Å². The highest BCUT2D eigenvalue weighted by molar-refractivity contribution is 5.95. The van der Waals surface area contributed by atoms with Crippen molar-refractivity contribution >= 4 is 5.78 Å². The topological polar surface area (TPSA) is 31.2 Å². The molecular formula is C18H27NO2. The Hall–Kier alpha value is -1.09. The molecule has 1 aliphatic carbocycles. The molecule has 1 aromatic rings. The number of aromatic nitrogens is 1. The van der Waals surface area contributed by atoms with Gasteiger partial charge in [-0.1, -0.05) is 26.2 Å². The molecule has 1 saturated heterocycles. The highest BCUT2D eigenvalue weighted by Gasteiger charge is 2.40. The number of carbonyl (C=O) groups excluding carboxylic acids is 1. The third-order valence-corrected chi connectivity index (χ3v) is 5.07. The van der Waals surface area contributed by atoms with Gasteiger partial charge in [0.05, 0.1) is 11.7 Å². The molecule has 2 heterocycles. The van der Waals surface area contributed by atoms with Crippen LogP contribution in [0.3, 0.4) is 0 Å². The molecule has 0 N–H and O–H groups in total. The Balaban J connectivity index is 1.56. The lowest BCUT2D eigenvalue weighted by molar-refractivity contribution is -0.0679. The molecule has 3 rings (SSSR count). The van der Waals surface area contributed by atoms with Crippen LogP contribution in [0.15, 0.2) is 18.5 Å². The second-order valence-corrected chi connectivity index (χ2v) is 6.79. The first kappa shape index (κ1) is 14.8. The number of hydrogen-bond donors (Lipinski definition) is 0. The van der Waals surface area contributed by atoms with Gasteiger partial charge in [0.15, 0.2) is 5.78 Å². The largest absolute Gasteiger partial charge is 0.370 e. The molecule has 1 aliphatic heterocycles. The van der Waals surface area contributed by atoms with Crippen molar-refractivity contribution in [1.29, 1.82) is 0 Å². The van der Waals surface area contributed by atoms with Gasteiger partial charge in [0, 0.05) is 30.9 Å². The van der Waals surface area contributed by atoms with Gasteiger partial charge in [0.1, 0.15) is 0 Å². The van der Waals surface area contributed by atoms with Crippen LogP contribution >= 0.6 is 0 Å². The average Bonchev–Trinajstić information content (AvgIpc) is 3.09. The number of hydrogen-bond acceptors (Lipinski definition) is 2. The Morgan fingerprint density at radius 1 is 1.33 bits per heavy atom. The van der Waals surface area contributed by atoms with Crippen LogP contribution in [0.25, 0.3) is 0 Å². The summed E-state index contributed by atoms with van der Waals surface area (Å²) in [5, 5.41) is 0. The average molecular weight is 289 g/mol. The first-order valence-corrected chi connectivity index (χ1v) is 8.58. The van der Waals surface area contributed by atoms with E-state index >= 15 is 0 Å². The minimum atomic E-state index is 0.191.